The molecule has 0 bridgehead atoms. The van der Waals surface area contributed by atoms with Gasteiger partial charge in [0.2, 0.25) is 5.91 Å². The van der Waals surface area contributed by atoms with E-state index in [2.05, 4.69) is 10.3 Å². The summed E-state index contributed by atoms with van der Waals surface area (Å²) in [5.41, 5.74) is -0.582. The number of hydrogen-bond donors (Lipinski definition) is 1. The fourth-order valence-electron chi connectivity index (χ4n) is 2.29. The molecule has 0 saturated heterocycles. The fraction of sp³-hybridized carbons (Fsp3) is 0.375. The van der Waals surface area contributed by atoms with E-state index in [-0.39, 0.29) is 11.6 Å². The van der Waals surface area contributed by atoms with Gasteiger partial charge in [-0.15, -0.1) is 0 Å². The zero-order valence-electron chi connectivity index (χ0n) is 15.0. The Morgan fingerprint density at radius 3 is 2.48 bits per heavy atom. The number of halogens is 3. The minimum absolute atomic E-state index is 0.0195. The van der Waals surface area contributed by atoms with Crippen LogP contribution in [0.15, 0.2) is 23.4 Å². The molecule has 0 aliphatic carbocycles. The highest BCUT2D eigenvalue weighted by Gasteiger charge is 2.29. The van der Waals surface area contributed by atoms with E-state index in [1.54, 1.807) is 20.9 Å². The number of amides is 1. The molecule has 0 fully saturated rings. The van der Waals surface area contributed by atoms with E-state index in [9.17, 15) is 26.4 Å². The lowest BCUT2D eigenvalue weighted by molar-refractivity contribution is -0.116. The number of benzene rings is 1. The first kappa shape index (κ1) is 20.9. The number of sulfonamides is 1. The summed E-state index contributed by atoms with van der Waals surface area (Å²) in [6.07, 6.45) is 1.73. The predicted molar refractivity (Wildman–Crippen MR) is 91.9 cm³/mol. The van der Waals surface area contributed by atoms with Gasteiger partial charge >= 0.3 is 0 Å². The average Bonchev–Trinajstić information content (AvgIpc) is 2.95. The lowest BCUT2D eigenvalue weighted by Gasteiger charge is -2.20. The maximum atomic E-state index is 13.7. The normalized spacial score (nSPS) is 11.8. The lowest BCUT2D eigenvalue weighted by Crippen LogP contribution is -2.38. The van der Waals surface area contributed by atoms with Crippen molar-refractivity contribution < 1.29 is 26.4 Å². The van der Waals surface area contributed by atoms with Crippen molar-refractivity contribution >= 4 is 21.6 Å². The Labute approximate surface area is 154 Å². The molecule has 0 saturated carbocycles. The van der Waals surface area contributed by atoms with E-state index < -0.39 is 45.6 Å². The summed E-state index contributed by atoms with van der Waals surface area (Å²) in [5.74, 6) is -5.11. The van der Waals surface area contributed by atoms with E-state index in [1.807, 2.05) is 0 Å². The van der Waals surface area contributed by atoms with Gasteiger partial charge < -0.3 is 9.88 Å². The van der Waals surface area contributed by atoms with Crippen molar-refractivity contribution in [2.75, 3.05) is 18.4 Å². The minimum atomic E-state index is -4.06. The van der Waals surface area contributed by atoms with E-state index in [4.69, 9.17) is 0 Å². The Morgan fingerprint density at radius 2 is 1.93 bits per heavy atom. The van der Waals surface area contributed by atoms with E-state index in [0.717, 1.165) is 10.4 Å². The zero-order chi connectivity index (χ0) is 20.4. The number of carbonyl (C=O) groups is 1. The Hall–Kier alpha value is -2.40. The number of hydrogen-bond acceptors (Lipinski definition) is 4. The second-order valence-corrected chi connectivity index (χ2v) is 7.73. The Morgan fingerprint density at radius 1 is 1.26 bits per heavy atom. The van der Waals surface area contributed by atoms with Gasteiger partial charge in [-0.25, -0.2) is 26.6 Å². The van der Waals surface area contributed by atoms with Gasteiger partial charge in [0.15, 0.2) is 22.5 Å². The second-order valence-electron chi connectivity index (χ2n) is 5.85. The Kier molecular flexibility index (Phi) is 6.26. The topological polar surface area (TPSA) is 84.3 Å². The molecule has 2 rings (SSSR count). The molecular formula is C16H19F3N4O3S. The molecule has 0 spiro atoms. The van der Waals surface area contributed by atoms with E-state index in [1.165, 1.54) is 10.8 Å². The van der Waals surface area contributed by atoms with Crippen LogP contribution >= 0.6 is 0 Å². The van der Waals surface area contributed by atoms with Crippen LogP contribution in [0.1, 0.15) is 19.2 Å². The van der Waals surface area contributed by atoms with Crippen LogP contribution in [0, 0.1) is 24.4 Å². The molecular weight excluding hydrogens is 385 g/mol. The maximum absolute atomic E-state index is 13.7. The molecule has 148 valence electrons. The molecule has 1 aromatic carbocycles. The lowest BCUT2D eigenvalue weighted by atomic mass is 10.2. The van der Waals surface area contributed by atoms with Gasteiger partial charge in [0.05, 0.1) is 12.2 Å². The number of aryl methyl sites for hydroxylation is 2. The van der Waals surface area contributed by atoms with Crippen molar-refractivity contribution in [1.82, 2.24) is 13.9 Å². The van der Waals surface area contributed by atoms with Crippen LogP contribution in [0.5, 0.6) is 0 Å². The van der Waals surface area contributed by atoms with Crippen LogP contribution in [0.2, 0.25) is 0 Å². The van der Waals surface area contributed by atoms with Crippen molar-refractivity contribution in [3.63, 3.8) is 0 Å². The number of imidazole rings is 1. The summed E-state index contributed by atoms with van der Waals surface area (Å²) in [6, 6.07) is 1.51. The van der Waals surface area contributed by atoms with E-state index in [0.29, 0.717) is 18.3 Å². The minimum Gasteiger partial charge on any atom is -0.337 e. The standard InChI is InChI=1S/C16H19F3N4O3S/c1-4-7-23(27(25,26)14-9-22(3)10(2)20-14)8-13(24)21-12-6-5-11(17)15(18)16(12)19/h5-6,9H,4,7-8H2,1-3H3,(H,21,24). The van der Waals surface area contributed by atoms with Crippen molar-refractivity contribution in [2.24, 2.45) is 7.05 Å². The number of aromatic nitrogens is 2. The third-order valence-corrected chi connectivity index (χ3v) is 5.51. The summed E-state index contributed by atoms with van der Waals surface area (Å²) in [6.45, 7) is 2.73. The molecule has 7 nitrogen and oxygen atoms in total. The number of anilines is 1. The van der Waals surface area contributed by atoms with Crippen LogP contribution in [-0.2, 0) is 21.9 Å². The summed E-state index contributed by atoms with van der Waals surface area (Å²) in [7, 11) is -2.44. The summed E-state index contributed by atoms with van der Waals surface area (Å²) in [5, 5.41) is 1.84. The Balaban J connectivity index is 2.23. The summed E-state index contributed by atoms with van der Waals surface area (Å²) < 4.78 is 67.8. The fourth-order valence-corrected chi connectivity index (χ4v) is 3.80. The van der Waals surface area contributed by atoms with Gasteiger partial charge in [-0.05, 0) is 25.5 Å². The van der Waals surface area contributed by atoms with Gasteiger partial charge in [0, 0.05) is 19.8 Å². The first-order valence-corrected chi connectivity index (χ1v) is 9.45. The highest BCUT2D eigenvalue weighted by atomic mass is 32.2. The quantitative estimate of drug-likeness (QED) is 0.717. The molecule has 1 aromatic heterocycles. The van der Waals surface area contributed by atoms with E-state index >= 15 is 0 Å². The van der Waals surface area contributed by atoms with Gasteiger partial charge in [0.1, 0.15) is 5.82 Å². The highest BCUT2D eigenvalue weighted by Crippen LogP contribution is 2.20. The van der Waals surface area contributed by atoms with Crippen molar-refractivity contribution in [1.29, 1.82) is 0 Å². The molecule has 27 heavy (non-hydrogen) atoms. The third-order valence-electron chi connectivity index (χ3n) is 3.79. The molecule has 1 N–H and O–H groups in total. The largest absolute Gasteiger partial charge is 0.337 e. The third kappa shape index (κ3) is 4.48. The SMILES string of the molecule is CCCN(CC(=O)Nc1ccc(F)c(F)c1F)S(=O)(=O)c1cn(C)c(C)n1. The smallest absolute Gasteiger partial charge is 0.262 e. The summed E-state index contributed by atoms with van der Waals surface area (Å²) >= 11 is 0. The molecule has 0 unspecified atom stereocenters. The van der Waals surface area contributed by atoms with Crippen LogP contribution in [0.25, 0.3) is 0 Å². The van der Waals surface area contributed by atoms with Crippen molar-refractivity contribution in [3.8, 4) is 0 Å². The first-order valence-electron chi connectivity index (χ1n) is 8.01. The summed E-state index contributed by atoms with van der Waals surface area (Å²) in [4.78, 5) is 16.1. The Bertz CT molecular complexity index is 941. The van der Waals surface area contributed by atoms with Crippen molar-refractivity contribution in [2.45, 2.75) is 25.3 Å². The van der Waals surface area contributed by atoms with Gasteiger partial charge in [-0.3, -0.25) is 4.79 Å². The van der Waals surface area contributed by atoms with Gasteiger partial charge in [-0.2, -0.15) is 4.31 Å². The van der Waals surface area contributed by atoms with Gasteiger partial charge in [-0.1, -0.05) is 6.92 Å². The molecule has 1 amide bonds. The average molecular weight is 404 g/mol. The van der Waals surface area contributed by atoms with Crippen LogP contribution in [0.4, 0.5) is 18.9 Å². The molecule has 0 aliphatic rings. The van der Waals surface area contributed by atoms with Crippen molar-refractivity contribution in [3.05, 3.63) is 41.6 Å². The number of rotatable bonds is 7. The first-order chi connectivity index (χ1) is 12.6. The van der Waals surface area contributed by atoms with Crippen LogP contribution in [-0.4, -0.2) is 41.3 Å². The zero-order valence-corrected chi connectivity index (χ0v) is 15.8. The molecule has 11 heteroatoms. The predicted octanol–water partition coefficient (Wildman–Crippen LogP) is 2.19. The number of carbonyl (C=O) groups excluding carboxylic acids is 1. The number of nitrogens with zero attached hydrogens (tertiary/aromatic N) is 3. The molecule has 0 aliphatic heterocycles. The number of nitrogens with one attached hydrogen (secondary N) is 1. The molecule has 2 aromatic rings. The van der Waals surface area contributed by atoms with Crippen LogP contribution < -0.4 is 5.32 Å². The second kappa shape index (κ2) is 8.09. The molecule has 0 radical (unpaired) electrons. The monoisotopic (exact) mass is 404 g/mol. The molecule has 1 heterocycles. The maximum Gasteiger partial charge on any atom is 0.262 e. The molecule has 0 atom stereocenters. The highest BCUT2D eigenvalue weighted by molar-refractivity contribution is 7.89. The van der Waals surface area contributed by atoms with Gasteiger partial charge in [0.25, 0.3) is 10.0 Å². The van der Waals surface area contributed by atoms with Crippen LogP contribution in [0.3, 0.4) is 0 Å².